The molecule has 2 nitrogen and oxygen atoms in total. The van der Waals surface area contributed by atoms with Crippen LogP contribution in [0.15, 0.2) is 0 Å². The molecule has 0 saturated carbocycles. The molecule has 14 heavy (non-hydrogen) atoms. The van der Waals surface area contributed by atoms with E-state index in [0.29, 0.717) is 0 Å². The number of likely N-dealkylation sites (tertiary alicyclic amines) is 1. The van der Waals surface area contributed by atoms with E-state index in [1.165, 1.54) is 31.0 Å². The molecule has 0 aromatic carbocycles. The summed E-state index contributed by atoms with van der Waals surface area (Å²) in [5.74, 6) is 3.27. The van der Waals surface area contributed by atoms with Crippen molar-refractivity contribution in [1.29, 1.82) is 0 Å². The Labute approximate surface area is 98.4 Å². The average Bonchev–Trinajstić information content (AvgIpc) is 2.48. The van der Waals surface area contributed by atoms with Crippen molar-refractivity contribution in [2.45, 2.75) is 26.3 Å². The van der Waals surface area contributed by atoms with Gasteiger partial charge in [-0.2, -0.15) is 11.8 Å². The van der Waals surface area contributed by atoms with Crippen molar-refractivity contribution in [2.75, 3.05) is 31.1 Å². The van der Waals surface area contributed by atoms with Crippen LogP contribution in [0.3, 0.4) is 0 Å². The van der Waals surface area contributed by atoms with E-state index in [9.17, 15) is 0 Å². The molecule has 0 aromatic heterocycles. The molecular formula is C10H23ClN2S. The second-order valence-electron chi connectivity index (χ2n) is 3.88. The fourth-order valence-electron chi connectivity index (χ4n) is 2.03. The minimum atomic E-state index is 0. The summed E-state index contributed by atoms with van der Waals surface area (Å²) in [7, 11) is 0. The van der Waals surface area contributed by atoms with E-state index in [1.807, 2.05) is 11.8 Å². The zero-order valence-corrected chi connectivity index (χ0v) is 10.9. The Morgan fingerprint density at radius 2 is 2.21 bits per heavy atom. The number of nitrogens with zero attached hydrogens (tertiary/aromatic N) is 1. The number of hydrogen-bond donors (Lipinski definition) is 1. The third-order valence-electron chi connectivity index (χ3n) is 2.85. The van der Waals surface area contributed by atoms with Gasteiger partial charge in [0.05, 0.1) is 0 Å². The van der Waals surface area contributed by atoms with Gasteiger partial charge in [-0.15, -0.1) is 12.4 Å². The Kier molecular flexibility index (Phi) is 8.11. The predicted molar refractivity (Wildman–Crippen MR) is 68.4 cm³/mol. The fraction of sp³-hybridized carbons (Fsp3) is 1.00. The first kappa shape index (κ1) is 14.6. The first-order valence-electron chi connectivity index (χ1n) is 5.29. The molecule has 2 unspecified atom stereocenters. The lowest BCUT2D eigenvalue weighted by molar-refractivity contribution is 0.281. The minimum absolute atomic E-state index is 0. The third-order valence-corrected chi connectivity index (χ3v) is 3.73. The van der Waals surface area contributed by atoms with Crippen molar-refractivity contribution in [3.05, 3.63) is 0 Å². The van der Waals surface area contributed by atoms with Gasteiger partial charge in [0, 0.05) is 24.9 Å². The summed E-state index contributed by atoms with van der Waals surface area (Å²) < 4.78 is 0. The van der Waals surface area contributed by atoms with E-state index < -0.39 is 0 Å². The summed E-state index contributed by atoms with van der Waals surface area (Å²) in [4.78, 5) is 2.58. The zero-order valence-electron chi connectivity index (χ0n) is 9.24. The van der Waals surface area contributed by atoms with Crippen LogP contribution in [-0.4, -0.2) is 42.1 Å². The van der Waals surface area contributed by atoms with Crippen LogP contribution in [0.25, 0.3) is 0 Å². The first-order valence-corrected chi connectivity index (χ1v) is 6.45. The van der Waals surface area contributed by atoms with Gasteiger partial charge in [-0.05, 0) is 31.6 Å². The Bertz CT molecular complexity index is 146. The van der Waals surface area contributed by atoms with Crippen molar-refractivity contribution in [1.82, 2.24) is 4.90 Å². The van der Waals surface area contributed by atoms with Gasteiger partial charge >= 0.3 is 0 Å². The molecule has 4 heteroatoms. The molecule has 1 aliphatic rings. The monoisotopic (exact) mass is 238 g/mol. The fourth-order valence-corrected chi connectivity index (χ4v) is 2.68. The highest BCUT2D eigenvalue weighted by atomic mass is 35.5. The number of halogens is 1. The summed E-state index contributed by atoms with van der Waals surface area (Å²) in [5.41, 5.74) is 5.68. The lowest BCUT2D eigenvalue weighted by Gasteiger charge is -2.20. The normalized spacial score (nSPS) is 27.6. The van der Waals surface area contributed by atoms with Gasteiger partial charge in [0.1, 0.15) is 0 Å². The van der Waals surface area contributed by atoms with E-state index in [-0.39, 0.29) is 12.4 Å². The van der Waals surface area contributed by atoms with Gasteiger partial charge in [0.2, 0.25) is 0 Å². The molecule has 0 aliphatic carbocycles. The second-order valence-corrected chi connectivity index (χ2v) is 5.27. The van der Waals surface area contributed by atoms with Gasteiger partial charge in [0.15, 0.2) is 0 Å². The number of thioether (sulfide) groups is 1. The first-order chi connectivity index (χ1) is 6.27. The standard InChI is InChI=1S/C10H22N2S.ClH/c1-3-13-5-4-12-8-10(7-11)6-9(12)2;/h9-10H,3-8,11H2,1-2H3;1H. The molecule has 2 N–H and O–H groups in total. The Morgan fingerprint density at radius 1 is 1.50 bits per heavy atom. The smallest absolute Gasteiger partial charge is 0.00753 e. The molecule has 86 valence electrons. The maximum absolute atomic E-state index is 5.68. The van der Waals surface area contributed by atoms with Crippen LogP contribution in [0.2, 0.25) is 0 Å². The largest absolute Gasteiger partial charge is 0.330 e. The van der Waals surface area contributed by atoms with E-state index in [0.717, 1.165) is 18.5 Å². The number of rotatable bonds is 5. The third kappa shape index (κ3) is 4.39. The molecule has 2 atom stereocenters. The van der Waals surface area contributed by atoms with E-state index in [4.69, 9.17) is 5.73 Å². The van der Waals surface area contributed by atoms with Gasteiger partial charge in [-0.25, -0.2) is 0 Å². The maximum atomic E-state index is 5.68. The topological polar surface area (TPSA) is 29.3 Å². The molecule has 1 fully saturated rings. The number of hydrogen-bond acceptors (Lipinski definition) is 3. The highest BCUT2D eigenvalue weighted by molar-refractivity contribution is 7.99. The summed E-state index contributed by atoms with van der Waals surface area (Å²) in [6, 6.07) is 0.756. The lowest BCUT2D eigenvalue weighted by atomic mass is 10.1. The zero-order chi connectivity index (χ0) is 9.68. The maximum Gasteiger partial charge on any atom is 0.00753 e. The summed E-state index contributed by atoms with van der Waals surface area (Å²) in [6.07, 6.45) is 1.30. The molecule has 0 amide bonds. The second kappa shape index (κ2) is 7.80. The summed E-state index contributed by atoms with van der Waals surface area (Å²) >= 11 is 2.03. The molecular weight excluding hydrogens is 216 g/mol. The molecule has 0 spiro atoms. The summed E-state index contributed by atoms with van der Waals surface area (Å²) in [5, 5.41) is 0. The Hall–Kier alpha value is 0.560. The molecule has 1 heterocycles. The molecule has 0 bridgehead atoms. The van der Waals surface area contributed by atoms with Crippen LogP contribution in [0.5, 0.6) is 0 Å². The van der Waals surface area contributed by atoms with Crippen molar-refractivity contribution >= 4 is 24.2 Å². The van der Waals surface area contributed by atoms with Gasteiger partial charge in [0.25, 0.3) is 0 Å². The van der Waals surface area contributed by atoms with E-state index >= 15 is 0 Å². The Balaban J connectivity index is 0.00000169. The molecule has 1 aliphatic heterocycles. The minimum Gasteiger partial charge on any atom is -0.330 e. The van der Waals surface area contributed by atoms with Crippen LogP contribution in [0, 0.1) is 5.92 Å². The van der Waals surface area contributed by atoms with Gasteiger partial charge < -0.3 is 5.73 Å². The highest BCUT2D eigenvalue weighted by Crippen LogP contribution is 2.21. The molecule has 1 rings (SSSR count). The average molecular weight is 239 g/mol. The van der Waals surface area contributed by atoms with Crippen molar-refractivity contribution in [3.63, 3.8) is 0 Å². The van der Waals surface area contributed by atoms with E-state index in [1.54, 1.807) is 0 Å². The van der Waals surface area contributed by atoms with Crippen LogP contribution in [-0.2, 0) is 0 Å². The van der Waals surface area contributed by atoms with E-state index in [2.05, 4.69) is 18.7 Å². The molecule has 0 radical (unpaired) electrons. The molecule has 0 aromatic rings. The SMILES string of the molecule is CCSCCN1CC(CN)CC1C.Cl. The van der Waals surface area contributed by atoms with Crippen molar-refractivity contribution in [2.24, 2.45) is 11.7 Å². The van der Waals surface area contributed by atoms with Gasteiger partial charge in [-0.3, -0.25) is 4.90 Å². The van der Waals surface area contributed by atoms with Crippen molar-refractivity contribution in [3.8, 4) is 0 Å². The van der Waals surface area contributed by atoms with Crippen LogP contribution < -0.4 is 5.73 Å². The quantitative estimate of drug-likeness (QED) is 0.742. The van der Waals surface area contributed by atoms with Gasteiger partial charge in [-0.1, -0.05) is 6.92 Å². The molecule has 1 saturated heterocycles. The van der Waals surface area contributed by atoms with Crippen LogP contribution >= 0.6 is 24.2 Å². The number of nitrogens with two attached hydrogens (primary N) is 1. The highest BCUT2D eigenvalue weighted by Gasteiger charge is 2.27. The summed E-state index contributed by atoms with van der Waals surface area (Å²) in [6.45, 7) is 7.88. The van der Waals surface area contributed by atoms with Crippen molar-refractivity contribution < 1.29 is 0 Å². The van der Waals surface area contributed by atoms with Crippen LogP contribution in [0.4, 0.5) is 0 Å². The lowest BCUT2D eigenvalue weighted by Crippen LogP contribution is -2.30. The van der Waals surface area contributed by atoms with Crippen LogP contribution in [0.1, 0.15) is 20.3 Å². The predicted octanol–water partition coefficient (Wildman–Crippen LogP) is 1.83. The Morgan fingerprint density at radius 3 is 2.71 bits per heavy atom.